The Labute approximate surface area is 304 Å². The van der Waals surface area contributed by atoms with E-state index in [1.54, 1.807) is 0 Å². The van der Waals surface area contributed by atoms with Gasteiger partial charge in [0.05, 0.1) is 6.85 Å². The van der Waals surface area contributed by atoms with Crippen molar-refractivity contribution in [2.45, 2.75) is 0 Å². The fraction of sp³-hybridized carbons (Fsp3) is 0. The molecule has 0 spiro atoms. The van der Waals surface area contributed by atoms with Gasteiger partial charge < -0.3 is 4.90 Å². The third-order valence-corrected chi connectivity index (χ3v) is 10.3. The maximum atomic E-state index is 8.49. The molecule has 1 aromatic heterocycles. The maximum absolute atomic E-state index is 8.49. The lowest BCUT2D eigenvalue weighted by atomic mass is 9.98. The summed E-state index contributed by atoms with van der Waals surface area (Å²) < 4.78 is 43.9. The van der Waals surface area contributed by atoms with E-state index in [0.717, 1.165) is 39.3 Å². The highest BCUT2D eigenvalue weighted by atomic mass is 32.1. The molecular formula is C48H33NS. The Morgan fingerprint density at radius 2 is 0.800 bits per heavy atom. The zero-order valence-electron chi connectivity index (χ0n) is 32.0. The Bertz CT molecular complexity index is 2820. The number of fused-ring (bicyclic) bond motifs is 3. The predicted octanol–water partition coefficient (Wildman–Crippen LogP) is 14.2. The summed E-state index contributed by atoms with van der Waals surface area (Å²) in [6, 6.07) is 57.3. The van der Waals surface area contributed by atoms with Crippen molar-refractivity contribution in [3.8, 4) is 44.5 Å². The molecule has 0 aliphatic carbocycles. The van der Waals surface area contributed by atoms with Crippen LogP contribution in [-0.2, 0) is 0 Å². The fourth-order valence-electron chi connectivity index (χ4n) is 6.64. The summed E-state index contributed by atoms with van der Waals surface area (Å²) in [4.78, 5) is 2.17. The monoisotopic (exact) mass is 660 g/mol. The quantitative estimate of drug-likeness (QED) is 0.164. The van der Waals surface area contributed by atoms with Crippen LogP contribution >= 0.6 is 11.3 Å². The first-order chi connectivity index (χ1) is 26.8. The zero-order valence-corrected chi connectivity index (χ0v) is 27.8. The smallest absolute Gasteiger partial charge is 0.0629 e. The van der Waals surface area contributed by atoms with Crippen molar-refractivity contribution in [1.82, 2.24) is 0 Å². The van der Waals surface area contributed by atoms with Gasteiger partial charge in [0.2, 0.25) is 0 Å². The first kappa shape index (κ1) is 24.9. The van der Waals surface area contributed by atoms with Crippen LogP contribution in [0.25, 0.3) is 64.7 Å². The van der Waals surface area contributed by atoms with Crippen LogP contribution in [0.4, 0.5) is 17.1 Å². The number of rotatable bonds is 7. The first-order valence-electron chi connectivity index (χ1n) is 19.1. The number of hydrogen-bond acceptors (Lipinski definition) is 2. The lowest BCUT2D eigenvalue weighted by Crippen LogP contribution is -2.09. The topological polar surface area (TPSA) is 3.24 Å². The van der Waals surface area contributed by atoms with Crippen molar-refractivity contribution in [2.24, 2.45) is 0 Å². The summed E-state index contributed by atoms with van der Waals surface area (Å²) in [7, 11) is 0. The molecule has 0 unspecified atom stereocenters. The molecule has 0 atom stereocenters. The normalized spacial score (nSPS) is 12.6. The van der Waals surface area contributed by atoms with Crippen molar-refractivity contribution in [2.75, 3.05) is 4.90 Å². The highest BCUT2D eigenvalue weighted by Gasteiger charge is 2.14. The van der Waals surface area contributed by atoms with Gasteiger partial charge in [0.15, 0.2) is 0 Å². The maximum Gasteiger partial charge on any atom is 0.0629 e. The van der Waals surface area contributed by atoms with Crippen LogP contribution < -0.4 is 4.90 Å². The summed E-state index contributed by atoms with van der Waals surface area (Å²) >= 11 is 1.83. The van der Waals surface area contributed by atoms with Crippen LogP contribution in [0.5, 0.6) is 0 Å². The summed E-state index contributed by atoms with van der Waals surface area (Å²) in [6.07, 6.45) is 0. The van der Waals surface area contributed by atoms with E-state index in [0.29, 0.717) is 5.56 Å². The molecule has 0 aliphatic rings. The standard InChI is InChI=1S/C48H33NS/c1-3-10-34(11-4-1)36-18-25-42(26-19-36)49(43-27-20-37(21-28-43)35-12-5-2-6-13-35)44-29-22-38(23-30-44)39-14-9-15-40(32-39)41-24-31-46-45-16-7-8-17-47(45)50-48(46)33-41/h1-33H/i1D,3D,4D,10D,11D. The molecule has 0 radical (unpaired) electrons. The molecule has 9 aromatic rings. The minimum absolute atomic E-state index is 0.187. The minimum atomic E-state index is -0.399. The Morgan fingerprint density at radius 3 is 1.46 bits per heavy atom. The number of benzene rings is 8. The molecule has 9 rings (SSSR count). The van der Waals surface area contributed by atoms with Crippen molar-refractivity contribution in [3.05, 3.63) is 200 Å². The Hall–Kier alpha value is -6.22. The Kier molecular flexibility index (Phi) is 6.46. The van der Waals surface area contributed by atoms with Gasteiger partial charge in [-0.15, -0.1) is 11.3 Å². The SMILES string of the molecule is [2H]c1c([2H])c([2H])c(-c2ccc(N(c3ccc(-c4ccccc4)cc3)c3ccc(-c4cccc(-c5ccc6c(c5)sc5ccccc56)c4)cc3)cc2)c([2H])c1[2H]. The fourth-order valence-corrected chi connectivity index (χ4v) is 7.78. The van der Waals surface area contributed by atoms with E-state index >= 15 is 0 Å². The molecule has 8 aromatic carbocycles. The third kappa shape index (κ3) is 5.77. The van der Waals surface area contributed by atoms with E-state index < -0.39 is 6.04 Å². The molecule has 50 heavy (non-hydrogen) atoms. The van der Waals surface area contributed by atoms with Crippen LogP contribution in [0.1, 0.15) is 6.85 Å². The van der Waals surface area contributed by atoms with Gasteiger partial charge in [0.1, 0.15) is 0 Å². The van der Waals surface area contributed by atoms with Crippen LogP contribution in [0, 0.1) is 0 Å². The molecule has 1 heterocycles. The second kappa shape index (κ2) is 13.0. The molecule has 0 aliphatic heterocycles. The van der Waals surface area contributed by atoms with E-state index in [-0.39, 0.29) is 29.7 Å². The average molecular weight is 661 g/mol. The molecule has 1 nitrogen and oxygen atoms in total. The van der Waals surface area contributed by atoms with Gasteiger partial charge in [0, 0.05) is 37.2 Å². The van der Waals surface area contributed by atoms with Crippen LogP contribution in [0.2, 0.25) is 0 Å². The van der Waals surface area contributed by atoms with Crippen molar-refractivity contribution in [3.63, 3.8) is 0 Å². The molecule has 0 saturated heterocycles. The molecule has 0 bridgehead atoms. The molecule has 236 valence electrons. The molecule has 0 saturated carbocycles. The van der Waals surface area contributed by atoms with E-state index in [9.17, 15) is 0 Å². The Balaban J connectivity index is 1.07. The number of hydrogen-bond donors (Lipinski definition) is 0. The minimum Gasteiger partial charge on any atom is -0.311 e. The molecule has 0 amide bonds. The lowest BCUT2D eigenvalue weighted by Gasteiger charge is -2.26. The van der Waals surface area contributed by atoms with Crippen molar-refractivity contribution in [1.29, 1.82) is 0 Å². The van der Waals surface area contributed by atoms with Gasteiger partial charge in [-0.3, -0.25) is 0 Å². The van der Waals surface area contributed by atoms with Crippen LogP contribution in [0.15, 0.2) is 200 Å². The summed E-state index contributed by atoms with van der Waals surface area (Å²) in [6.45, 7) is 0. The highest BCUT2D eigenvalue weighted by molar-refractivity contribution is 7.25. The van der Waals surface area contributed by atoms with Gasteiger partial charge in [-0.2, -0.15) is 0 Å². The molecule has 0 fully saturated rings. The largest absolute Gasteiger partial charge is 0.311 e. The van der Waals surface area contributed by atoms with Gasteiger partial charge in [-0.1, -0.05) is 145 Å². The summed E-state index contributed by atoms with van der Waals surface area (Å²) in [5.41, 5.74) is 10.4. The van der Waals surface area contributed by atoms with Crippen molar-refractivity contribution < 1.29 is 6.85 Å². The van der Waals surface area contributed by atoms with Gasteiger partial charge in [0.25, 0.3) is 0 Å². The van der Waals surface area contributed by atoms with Gasteiger partial charge in [-0.05, 0) is 99.1 Å². The second-order valence-electron chi connectivity index (χ2n) is 12.2. The lowest BCUT2D eigenvalue weighted by molar-refractivity contribution is 1.28. The second-order valence-corrected chi connectivity index (χ2v) is 13.3. The van der Waals surface area contributed by atoms with E-state index in [1.165, 1.54) is 31.3 Å². The summed E-state index contributed by atoms with van der Waals surface area (Å²) in [5, 5.41) is 2.59. The predicted molar refractivity (Wildman–Crippen MR) is 216 cm³/mol. The first-order valence-corrected chi connectivity index (χ1v) is 17.4. The number of thiophene rings is 1. The van der Waals surface area contributed by atoms with E-state index in [4.69, 9.17) is 6.85 Å². The molecular weight excluding hydrogens is 623 g/mol. The van der Waals surface area contributed by atoms with Crippen molar-refractivity contribution >= 4 is 48.6 Å². The number of nitrogens with zero attached hydrogens (tertiary/aromatic N) is 1. The van der Waals surface area contributed by atoms with Crippen LogP contribution in [0.3, 0.4) is 0 Å². The third-order valence-electron chi connectivity index (χ3n) is 9.18. The average Bonchev–Trinajstić information content (AvgIpc) is 3.62. The molecule has 0 N–H and O–H groups in total. The Morgan fingerprint density at radius 1 is 0.340 bits per heavy atom. The summed E-state index contributed by atoms with van der Waals surface area (Å²) in [5.74, 6) is 0. The van der Waals surface area contributed by atoms with E-state index in [1.807, 2.05) is 53.8 Å². The molecule has 2 heteroatoms. The van der Waals surface area contributed by atoms with Crippen LogP contribution in [-0.4, -0.2) is 0 Å². The van der Waals surface area contributed by atoms with Gasteiger partial charge >= 0.3 is 0 Å². The zero-order chi connectivity index (χ0) is 37.6. The highest BCUT2D eigenvalue weighted by Crippen LogP contribution is 2.39. The van der Waals surface area contributed by atoms with Gasteiger partial charge in [-0.25, -0.2) is 0 Å². The van der Waals surface area contributed by atoms with E-state index in [2.05, 4.69) is 132 Å². The number of anilines is 3.